The Morgan fingerprint density at radius 3 is 2.56 bits per heavy atom. The molecule has 2 aromatic heterocycles. The minimum Gasteiger partial charge on any atom is -0.378 e. The van der Waals surface area contributed by atoms with Crippen LogP contribution in [0.15, 0.2) is 54.9 Å². The molecule has 3 aromatic rings. The molecule has 0 radical (unpaired) electrons. The molecule has 3 heterocycles. The number of anilines is 2. The van der Waals surface area contributed by atoms with Crippen molar-refractivity contribution in [2.45, 2.75) is 5.75 Å². The topological polar surface area (TPSA) is 121 Å². The zero-order valence-corrected chi connectivity index (χ0v) is 18.5. The van der Waals surface area contributed by atoms with E-state index in [0.717, 1.165) is 11.4 Å². The Labute approximate surface area is 187 Å². The van der Waals surface area contributed by atoms with Crippen molar-refractivity contribution in [1.82, 2.24) is 15.0 Å². The SMILES string of the molecule is CS(O)(O)Cc1cc(N2CCOCC2)nc(-c2ccc(NC(=O)c3cccnc3)cc2)n1. The second-order valence-electron chi connectivity index (χ2n) is 7.55. The van der Waals surface area contributed by atoms with Crippen LogP contribution in [0.25, 0.3) is 11.4 Å². The lowest BCUT2D eigenvalue weighted by atomic mass is 10.1. The molecule has 4 rings (SSSR count). The van der Waals surface area contributed by atoms with E-state index in [4.69, 9.17) is 9.72 Å². The molecule has 1 aromatic carbocycles. The number of nitrogens with zero attached hydrogens (tertiary/aromatic N) is 4. The highest BCUT2D eigenvalue weighted by molar-refractivity contribution is 8.23. The molecule has 1 amide bonds. The van der Waals surface area contributed by atoms with Gasteiger partial charge in [0.1, 0.15) is 5.82 Å². The van der Waals surface area contributed by atoms with Gasteiger partial charge in [-0.1, -0.05) is 0 Å². The van der Waals surface area contributed by atoms with Crippen LogP contribution in [0.1, 0.15) is 16.1 Å². The number of benzene rings is 1. The first-order chi connectivity index (χ1) is 15.4. The first-order valence-electron chi connectivity index (χ1n) is 10.1. The van der Waals surface area contributed by atoms with E-state index in [1.807, 2.05) is 12.1 Å². The molecule has 0 aliphatic carbocycles. The van der Waals surface area contributed by atoms with E-state index in [1.165, 1.54) is 12.5 Å². The minimum absolute atomic E-state index is 0.0547. The Bertz CT molecular complexity index is 1070. The minimum atomic E-state index is -2.76. The van der Waals surface area contributed by atoms with Gasteiger partial charge in [-0.15, -0.1) is 0 Å². The van der Waals surface area contributed by atoms with Crippen LogP contribution in [0.2, 0.25) is 0 Å². The van der Waals surface area contributed by atoms with E-state index in [9.17, 15) is 13.9 Å². The lowest BCUT2D eigenvalue weighted by Crippen LogP contribution is -2.37. The number of hydrogen-bond donors (Lipinski definition) is 3. The van der Waals surface area contributed by atoms with Gasteiger partial charge in [0.2, 0.25) is 0 Å². The number of aromatic nitrogens is 3. The summed E-state index contributed by atoms with van der Waals surface area (Å²) < 4.78 is 25.3. The summed E-state index contributed by atoms with van der Waals surface area (Å²) in [6.45, 7) is 2.64. The van der Waals surface area contributed by atoms with Crippen LogP contribution in [0.3, 0.4) is 0 Å². The summed E-state index contributed by atoms with van der Waals surface area (Å²) in [5.74, 6) is 1.02. The van der Waals surface area contributed by atoms with Crippen molar-refractivity contribution in [3.63, 3.8) is 0 Å². The molecule has 1 aliphatic rings. The Morgan fingerprint density at radius 2 is 1.91 bits per heavy atom. The number of hydrogen-bond acceptors (Lipinski definition) is 8. The lowest BCUT2D eigenvalue weighted by molar-refractivity contribution is 0.102. The van der Waals surface area contributed by atoms with Gasteiger partial charge in [-0.2, -0.15) is 10.6 Å². The van der Waals surface area contributed by atoms with Gasteiger partial charge in [0.25, 0.3) is 5.91 Å². The van der Waals surface area contributed by atoms with Crippen molar-refractivity contribution >= 4 is 28.0 Å². The third-order valence-electron chi connectivity index (χ3n) is 4.85. The molecule has 0 unspecified atom stereocenters. The Hall–Kier alpha value is -3.05. The van der Waals surface area contributed by atoms with Gasteiger partial charge >= 0.3 is 0 Å². The number of amides is 1. The molecule has 1 fully saturated rings. The van der Waals surface area contributed by atoms with Crippen molar-refractivity contribution in [3.8, 4) is 11.4 Å². The summed E-state index contributed by atoms with van der Waals surface area (Å²) in [4.78, 5) is 27.7. The predicted octanol–water partition coefficient (Wildman–Crippen LogP) is 3.51. The van der Waals surface area contributed by atoms with Gasteiger partial charge in [0, 0.05) is 49.1 Å². The lowest BCUT2D eigenvalue weighted by Gasteiger charge is -2.30. The van der Waals surface area contributed by atoms with E-state index in [2.05, 4.69) is 20.2 Å². The van der Waals surface area contributed by atoms with Crippen molar-refractivity contribution in [3.05, 3.63) is 66.1 Å². The van der Waals surface area contributed by atoms with Crippen LogP contribution in [-0.4, -0.2) is 62.5 Å². The van der Waals surface area contributed by atoms with E-state index in [1.54, 1.807) is 36.5 Å². The first-order valence-corrected chi connectivity index (χ1v) is 12.2. The molecule has 3 N–H and O–H groups in total. The van der Waals surface area contributed by atoms with Crippen LogP contribution < -0.4 is 10.2 Å². The van der Waals surface area contributed by atoms with Gasteiger partial charge in [0.05, 0.1) is 30.2 Å². The maximum Gasteiger partial charge on any atom is 0.257 e. The zero-order chi connectivity index (χ0) is 22.6. The highest BCUT2D eigenvalue weighted by Gasteiger charge is 2.18. The van der Waals surface area contributed by atoms with E-state index < -0.39 is 10.6 Å². The molecular weight excluding hydrogens is 430 g/mol. The van der Waals surface area contributed by atoms with Crippen molar-refractivity contribution in [2.75, 3.05) is 42.8 Å². The Kier molecular flexibility index (Phi) is 6.66. The second kappa shape index (κ2) is 9.61. The standard InChI is InChI=1S/C22H25N5O4S/c1-32(29,30)15-19-13-20(27-9-11-31-12-10-27)26-21(24-19)16-4-6-18(7-5-16)25-22(28)17-3-2-8-23-14-17/h2-8,13-14,29-30H,9-12,15H2,1H3,(H,25,28). The molecule has 32 heavy (non-hydrogen) atoms. The molecular formula is C22H25N5O4S. The van der Waals surface area contributed by atoms with Crippen LogP contribution >= 0.6 is 10.6 Å². The largest absolute Gasteiger partial charge is 0.378 e. The maximum atomic E-state index is 12.3. The highest BCUT2D eigenvalue weighted by Crippen LogP contribution is 2.38. The van der Waals surface area contributed by atoms with E-state index in [0.29, 0.717) is 49.1 Å². The Morgan fingerprint density at radius 1 is 1.16 bits per heavy atom. The fourth-order valence-corrected chi connectivity index (χ4v) is 4.03. The van der Waals surface area contributed by atoms with Gasteiger partial charge in [0.15, 0.2) is 5.82 Å². The number of carbonyl (C=O) groups excluding carboxylic acids is 1. The van der Waals surface area contributed by atoms with Crippen molar-refractivity contribution < 1.29 is 18.6 Å². The fraction of sp³-hybridized carbons (Fsp3) is 0.273. The number of rotatable bonds is 6. The average molecular weight is 456 g/mol. The Balaban J connectivity index is 1.58. The number of ether oxygens (including phenoxy) is 1. The van der Waals surface area contributed by atoms with Gasteiger partial charge < -0.3 is 15.0 Å². The van der Waals surface area contributed by atoms with Crippen LogP contribution in [0.4, 0.5) is 11.5 Å². The second-order valence-corrected chi connectivity index (χ2v) is 9.83. The molecule has 168 valence electrons. The molecule has 9 nitrogen and oxygen atoms in total. The quantitative estimate of drug-likeness (QED) is 0.516. The van der Waals surface area contributed by atoms with Gasteiger partial charge in [-0.25, -0.2) is 9.97 Å². The molecule has 0 bridgehead atoms. The number of nitrogens with one attached hydrogen (secondary N) is 1. The third-order valence-corrected chi connectivity index (χ3v) is 5.69. The molecule has 1 saturated heterocycles. The van der Waals surface area contributed by atoms with Crippen LogP contribution in [0.5, 0.6) is 0 Å². The highest BCUT2D eigenvalue weighted by atomic mass is 32.3. The molecule has 0 atom stereocenters. The number of pyridine rings is 1. The van der Waals surface area contributed by atoms with Gasteiger partial charge in [-0.3, -0.25) is 18.9 Å². The molecule has 0 spiro atoms. The zero-order valence-electron chi connectivity index (χ0n) is 17.6. The summed E-state index contributed by atoms with van der Waals surface area (Å²) in [5.41, 5.74) is 2.43. The monoisotopic (exact) mass is 455 g/mol. The van der Waals surface area contributed by atoms with Crippen molar-refractivity contribution in [1.29, 1.82) is 0 Å². The maximum absolute atomic E-state index is 12.3. The summed E-state index contributed by atoms with van der Waals surface area (Å²) in [6.07, 6.45) is 4.53. The summed E-state index contributed by atoms with van der Waals surface area (Å²) in [6, 6.07) is 12.4. The van der Waals surface area contributed by atoms with E-state index >= 15 is 0 Å². The third kappa shape index (κ3) is 5.80. The number of carbonyl (C=O) groups is 1. The predicted molar refractivity (Wildman–Crippen MR) is 125 cm³/mol. The van der Waals surface area contributed by atoms with Crippen LogP contribution in [-0.2, 0) is 10.5 Å². The molecule has 1 aliphatic heterocycles. The average Bonchev–Trinajstić information content (AvgIpc) is 2.79. The first kappa shape index (κ1) is 22.2. The molecule has 10 heteroatoms. The fourth-order valence-electron chi connectivity index (χ4n) is 3.32. The van der Waals surface area contributed by atoms with Crippen molar-refractivity contribution in [2.24, 2.45) is 0 Å². The van der Waals surface area contributed by atoms with E-state index in [-0.39, 0.29) is 11.7 Å². The van der Waals surface area contributed by atoms with Gasteiger partial charge in [-0.05, 0) is 36.4 Å². The molecule has 0 saturated carbocycles. The normalized spacial score (nSPS) is 14.8. The summed E-state index contributed by atoms with van der Waals surface area (Å²) in [7, 11) is -2.76. The summed E-state index contributed by atoms with van der Waals surface area (Å²) >= 11 is 0. The number of morpholine rings is 1. The van der Waals surface area contributed by atoms with Crippen LogP contribution in [0, 0.1) is 0 Å². The smallest absolute Gasteiger partial charge is 0.257 e. The summed E-state index contributed by atoms with van der Waals surface area (Å²) in [5, 5.41) is 2.84.